The molecule has 2 nitrogen and oxygen atoms in total. The van der Waals surface area contributed by atoms with Gasteiger partial charge >= 0.3 is 0 Å². The van der Waals surface area contributed by atoms with Crippen molar-refractivity contribution in [1.29, 1.82) is 0 Å². The van der Waals surface area contributed by atoms with Crippen LogP contribution in [0.15, 0.2) is 0 Å². The summed E-state index contributed by atoms with van der Waals surface area (Å²) in [6.07, 6.45) is 5.36. The van der Waals surface area contributed by atoms with E-state index < -0.39 is 0 Å². The van der Waals surface area contributed by atoms with Gasteiger partial charge in [0.05, 0.1) is 6.10 Å². The Morgan fingerprint density at radius 1 is 1.29 bits per heavy atom. The zero-order valence-corrected chi connectivity index (χ0v) is 9.79. The maximum Gasteiger partial charge on any atom is 0.0575 e. The summed E-state index contributed by atoms with van der Waals surface area (Å²) >= 11 is 0. The van der Waals surface area contributed by atoms with Crippen LogP contribution in [0.2, 0.25) is 0 Å². The average Bonchev–Trinajstić information content (AvgIpc) is 2.60. The van der Waals surface area contributed by atoms with Gasteiger partial charge in [-0.05, 0) is 37.5 Å². The van der Waals surface area contributed by atoms with Gasteiger partial charge in [-0.2, -0.15) is 0 Å². The van der Waals surface area contributed by atoms with Gasteiger partial charge in [-0.15, -0.1) is 0 Å². The second kappa shape index (κ2) is 6.41. The lowest BCUT2D eigenvalue weighted by Gasteiger charge is -2.11. The first-order valence-electron chi connectivity index (χ1n) is 5.83. The molecule has 2 heteroatoms. The summed E-state index contributed by atoms with van der Waals surface area (Å²) in [6, 6.07) is 0. The highest BCUT2D eigenvalue weighted by atomic mass is 16.5. The van der Waals surface area contributed by atoms with E-state index in [-0.39, 0.29) is 0 Å². The topological polar surface area (TPSA) is 18.5 Å². The van der Waals surface area contributed by atoms with Crippen LogP contribution in [0.5, 0.6) is 0 Å². The molecule has 2 unspecified atom stereocenters. The molecule has 1 aliphatic carbocycles. The van der Waals surface area contributed by atoms with Crippen LogP contribution in [0.25, 0.3) is 0 Å². The number of hydrogen-bond donors (Lipinski definition) is 0. The highest BCUT2D eigenvalue weighted by Crippen LogP contribution is 2.27. The van der Waals surface area contributed by atoms with Crippen LogP contribution in [-0.4, -0.2) is 26.4 Å². The lowest BCUT2D eigenvalue weighted by atomic mass is 10.1. The van der Waals surface area contributed by atoms with Crippen LogP contribution >= 0.6 is 0 Å². The largest absolute Gasteiger partial charge is 0.381 e. The van der Waals surface area contributed by atoms with Crippen LogP contribution in [0.1, 0.15) is 39.5 Å². The Bertz CT molecular complexity index is 145. The Morgan fingerprint density at radius 2 is 2.07 bits per heavy atom. The van der Waals surface area contributed by atoms with Crippen LogP contribution in [-0.2, 0) is 9.47 Å². The Labute approximate surface area is 88.0 Å². The first kappa shape index (κ1) is 12.0. The zero-order chi connectivity index (χ0) is 10.4. The highest BCUT2D eigenvalue weighted by Gasteiger charge is 2.24. The molecule has 1 saturated carbocycles. The third-order valence-corrected chi connectivity index (χ3v) is 3.02. The molecule has 0 radical (unpaired) electrons. The molecule has 0 aliphatic heterocycles. The maximum atomic E-state index is 5.67. The first-order valence-corrected chi connectivity index (χ1v) is 5.83. The van der Waals surface area contributed by atoms with Crippen LogP contribution in [0.3, 0.4) is 0 Å². The zero-order valence-electron chi connectivity index (χ0n) is 9.79. The summed E-state index contributed by atoms with van der Waals surface area (Å²) in [7, 11) is 1.81. The van der Waals surface area contributed by atoms with Gasteiger partial charge in [-0.25, -0.2) is 0 Å². The van der Waals surface area contributed by atoms with Crippen molar-refractivity contribution in [3.8, 4) is 0 Å². The van der Waals surface area contributed by atoms with E-state index in [2.05, 4.69) is 13.8 Å². The fourth-order valence-corrected chi connectivity index (χ4v) is 1.96. The summed E-state index contributed by atoms with van der Waals surface area (Å²) in [6.45, 7) is 6.33. The molecule has 1 fully saturated rings. The van der Waals surface area contributed by atoms with E-state index in [1.165, 1.54) is 25.7 Å². The van der Waals surface area contributed by atoms with Crippen molar-refractivity contribution in [2.75, 3.05) is 20.3 Å². The Morgan fingerprint density at radius 3 is 2.64 bits per heavy atom. The summed E-state index contributed by atoms with van der Waals surface area (Å²) in [5, 5.41) is 0. The van der Waals surface area contributed by atoms with E-state index in [4.69, 9.17) is 9.47 Å². The lowest BCUT2D eigenvalue weighted by Crippen LogP contribution is -2.10. The molecule has 1 rings (SSSR count). The molecule has 0 spiro atoms. The van der Waals surface area contributed by atoms with Crippen molar-refractivity contribution in [2.45, 2.75) is 45.6 Å². The monoisotopic (exact) mass is 200 g/mol. The van der Waals surface area contributed by atoms with Gasteiger partial charge in [0.1, 0.15) is 0 Å². The van der Waals surface area contributed by atoms with Crippen molar-refractivity contribution in [3.63, 3.8) is 0 Å². The first-order chi connectivity index (χ1) is 6.72. The number of hydrogen-bond acceptors (Lipinski definition) is 2. The summed E-state index contributed by atoms with van der Waals surface area (Å²) < 4.78 is 11.0. The van der Waals surface area contributed by atoms with Gasteiger partial charge in [-0.3, -0.25) is 0 Å². The molecule has 0 aromatic carbocycles. The predicted molar refractivity (Wildman–Crippen MR) is 58.4 cm³/mol. The SMILES string of the molecule is COC1CCC(COCCC(C)C)C1. The van der Waals surface area contributed by atoms with Gasteiger partial charge in [0.2, 0.25) is 0 Å². The van der Waals surface area contributed by atoms with Crippen molar-refractivity contribution in [1.82, 2.24) is 0 Å². The number of ether oxygens (including phenoxy) is 2. The minimum Gasteiger partial charge on any atom is -0.381 e. The molecule has 0 amide bonds. The Hall–Kier alpha value is -0.0800. The van der Waals surface area contributed by atoms with Crippen LogP contribution < -0.4 is 0 Å². The standard InChI is InChI=1S/C12H24O2/c1-10(2)6-7-14-9-11-4-5-12(8-11)13-3/h10-12H,4-9H2,1-3H3. The molecule has 0 aromatic heterocycles. The molecular formula is C12H24O2. The van der Waals surface area contributed by atoms with Crippen LogP contribution in [0, 0.1) is 11.8 Å². The molecule has 0 N–H and O–H groups in total. The van der Waals surface area contributed by atoms with Gasteiger partial charge in [0.25, 0.3) is 0 Å². The van der Waals surface area contributed by atoms with Crippen molar-refractivity contribution in [3.05, 3.63) is 0 Å². The van der Waals surface area contributed by atoms with E-state index in [1.807, 2.05) is 7.11 Å². The molecule has 0 aromatic rings. The Balaban J connectivity index is 1.97. The number of methoxy groups -OCH3 is 1. The van der Waals surface area contributed by atoms with Crippen molar-refractivity contribution >= 4 is 0 Å². The quantitative estimate of drug-likeness (QED) is 0.614. The number of rotatable bonds is 6. The third-order valence-electron chi connectivity index (χ3n) is 3.02. The summed E-state index contributed by atoms with van der Waals surface area (Å²) in [5.41, 5.74) is 0. The second-order valence-electron chi connectivity index (χ2n) is 4.79. The van der Waals surface area contributed by atoms with Gasteiger partial charge in [-0.1, -0.05) is 13.8 Å². The average molecular weight is 200 g/mol. The predicted octanol–water partition coefficient (Wildman–Crippen LogP) is 2.86. The Kier molecular flexibility index (Phi) is 5.49. The maximum absolute atomic E-state index is 5.67. The second-order valence-corrected chi connectivity index (χ2v) is 4.79. The molecule has 1 aliphatic rings. The molecule has 2 atom stereocenters. The van der Waals surface area contributed by atoms with Crippen molar-refractivity contribution in [2.24, 2.45) is 11.8 Å². The molecule has 0 saturated heterocycles. The van der Waals surface area contributed by atoms with Gasteiger partial charge in [0, 0.05) is 20.3 Å². The molecular weight excluding hydrogens is 176 g/mol. The minimum absolute atomic E-state index is 0.494. The van der Waals surface area contributed by atoms with E-state index in [9.17, 15) is 0 Å². The molecule has 0 heterocycles. The van der Waals surface area contributed by atoms with E-state index in [0.29, 0.717) is 6.10 Å². The molecule has 0 bridgehead atoms. The van der Waals surface area contributed by atoms with E-state index in [1.54, 1.807) is 0 Å². The van der Waals surface area contributed by atoms with Gasteiger partial charge < -0.3 is 9.47 Å². The molecule has 84 valence electrons. The van der Waals surface area contributed by atoms with E-state index in [0.717, 1.165) is 25.0 Å². The smallest absolute Gasteiger partial charge is 0.0575 e. The van der Waals surface area contributed by atoms with Crippen molar-refractivity contribution < 1.29 is 9.47 Å². The van der Waals surface area contributed by atoms with E-state index >= 15 is 0 Å². The summed E-state index contributed by atoms with van der Waals surface area (Å²) in [5.74, 6) is 1.50. The highest BCUT2D eigenvalue weighted by molar-refractivity contribution is 4.75. The normalized spacial score (nSPS) is 27.4. The van der Waals surface area contributed by atoms with Gasteiger partial charge in [0.15, 0.2) is 0 Å². The fourth-order valence-electron chi connectivity index (χ4n) is 1.96. The molecule has 14 heavy (non-hydrogen) atoms. The summed E-state index contributed by atoms with van der Waals surface area (Å²) in [4.78, 5) is 0. The lowest BCUT2D eigenvalue weighted by molar-refractivity contribution is 0.0746. The van der Waals surface area contributed by atoms with Crippen LogP contribution in [0.4, 0.5) is 0 Å². The fraction of sp³-hybridized carbons (Fsp3) is 1.00. The minimum atomic E-state index is 0.494. The third kappa shape index (κ3) is 4.43.